The van der Waals surface area contributed by atoms with E-state index in [-0.39, 0.29) is 17.8 Å². The van der Waals surface area contributed by atoms with Crippen LogP contribution in [0, 0.1) is 11.7 Å². The fraction of sp³-hybridized carbons (Fsp3) is 0.385. The number of hydrogen-bond acceptors (Lipinski definition) is 3. The maximum atomic E-state index is 14.1. The van der Waals surface area contributed by atoms with Gasteiger partial charge in [0.2, 0.25) is 0 Å². The van der Waals surface area contributed by atoms with Crippen LogP contribution in [0.15, 0.2) is 66.9 Å². The molecule has 32 heavy (non-hydrogen) atoms. The lowest BCUT2D eigenvalue weighted by Gasteiger charge is -2.40. The number of hydrogen-bond donors (Lipinski definition) is 0. The fourth-order valence-corrected chi connectivity index (χ4v) is 4.70. The molecule has 0 aliphatic carbocycles. The molecule has 6 heteroatoms. The van der Waals surface area contributed by atoms with E-state index in [4.69, 9.17) is 0 Å². The summed E-state index contributed by atoms with van der Waals surface area (Å²) in [6, 6.07) is 19.2. The van der Waals surface area contributed by atoms with Crippen molar-refractivity contribution in [3.05, 3.63) is 89.5 Å². The lowest BCUT2D eigenvalue weighted by atomic mass is 9.84. The molecule has 1 fully saturated rings. The van der Waals surface area contributed by atoms with Crippen LogP contribution in [-0.2, 0) is 20.0 Å². The molecule has 1 aliphatic rings. The van der Waals surface area contributed by atoms with Crippen LogP contribution in [0.1, 0.15) is 34.5 Å². The number of halogens is 1. The summed E-state index contributed by atoms with van der Waals surface area (Å²) >= 11 is 0. The third kappa shape index (κ3) is 5.25. The number of nitrogens with zero attached hydrogens (tertiary/aromatic N) is 4. The van der Waals surface area contributed by atoms with Crippen LogP contribution in [0.4, 0.5) is 4.39 Å². The van der Waals surface area contributed by atoms with Crippen molar-refractivity contribution in [3.8, 4) is 0 Å². The summed E-state index contributed by atoms with van der Waals surface area (Å²) in [6.45, 7) is 2.43. The van der Waals surface area contributed by atoms with Crippen molar-refractivity contribution in [1.29, 1.82) is 0 Å². The van der Waals surface area contributed by atoms with Crippen molar-refractivity contribution in [2.45, 2.75) is 31.8 Å². The molecule has 1 aliphatic heterocycles. The van der Waals surface area contributed by atoms with Gasteiger partial charge in [-0.15, -0.1) is 0 Å². The second-order valence-electron chi connectivity index (χ2n) is 8.75. The highest BCUT2D eigenvalue weighted by Gasteiger charge is 2.32. The zero-order valence-corrected chi connectivity index (χ0v) is 18.8. The third-order valence-corrected chi connectivity index (χ3v) is 6.57. The lowest BCUT2D eigenvalue weighted by molar-refractivity contribution is 0.0578. The van der Waals surface area contributed by atoms with E-state index < -0.39 is 0 Å². The molecule has 1 aromatic heterocycles. The van der Waals surface area contributed by atoms with Crippen LogP contribution >= 0.6 is 0 Å². The van der Waals surface area contributed by atoms with E-state index >= 15 is 0 Å². The first-order valence-electron chi connectivity index (χ1n) is 11.3. The van der Waals surface area contributed by atoms with E-state index in [0.717, 1.165) is 37.9 Å². The largest absolute Gasteiger partial charge is 0.337 e. The predicted molar refractivity (Wildman–Crippen MR) is 124 cm³/mol. The molecule has 1 amide bonds. The molecule has 0 radical (unpaired) electrons. The molecule has 0 unspecified atom stereocenters. The average molecular weight is 435 g/mol. The zero-order chi connectivity index (χ0) is 22.5. The molecular formula is C26H31FN4O. The van der Waals surface area contributed by atoms with E-state index in [1.54, 1.807) is 23.0 Å². The second-order valence-corrected chi connectivity index (χ2v) is 8.75. The first-order valence-corrected chi connectivity index (χ1v) is 11.3. The fourth-order valence-electron chi connectivity index (χ4n) is 4.70. The van der Waals surface area contributed by atoms with Gasteiger partial charge in [0.25, 0.3) is 5.91 Å². The summed E-state index contributed by atoms with van der Waals surface area (Å²) in [6.07, 6.45) is 4.57. The Morgan fingerprint density at radius 2 is 1.78 bits per heavy atom. The molecule has 3 aromatic rings. The number of carbonyl (C=O) groups excluding carboxylic acids is 1. The molecule has 5 nitrogen and oxygen atoms in total. The van der Waals surface area contributed by atoms with Gasteiger partial charge in [0, 0.05) is 38.4 Å². The maximum absolute atomic E-state index is 14.1. The van der Waals surface area contributed by atoms with Gasteiger partial charge in [-0.3, -0.25) is 14.4 Å². The number of amides is 1. The van der Waals surface area contributed by atoms with Crippen molar-refractivity contribution in [2.24, 2.45) is 13.0 Å². The quantitative estimate of drug-likeness (QED) is 0.561. The molecule has 0 spiro atoms. The Kier molecular flexibility index (Phi) is 7.00. The first-order chi connectivity index (χ1) is 15.5. The number of carbonyl (C=O) groups is 1. The van der Waals surface area contributed by atoms with Gasteiger partial charge < -0.3 is 4.90 Å². The van der Waals surface area contributed by atoms with E-state index in [1.165, 1.54) is 11.6 Å². The molecule has 2 heterocycles. The number of piperidine rings is 1. The van der Waals surface area contributed by atoms with Gasteiger partial charge >= 0.3 is 0 Å². The Hall–Kier alpha value is -2.99. The van der Waals surface area contributed by atoms with Crippen LogP contribution in [0.3, 0.4) is 0 Å². The number of aryl methyl sites for hydroxylation is 1. The monoisotopic (exact) mass is 434 g/mol. The van der Waals surface area contributed by atoms with Gasteiger partial charge in [0.15, 0.2) is 0 Å². The van der Waals surface area contributed by atoms with Gasteiger partial charge in [0.1, 0.15) is 11.5 Å². The normalized spacial score (nSPS) is 16.1. The second kappa shape index (κ2) is 10.1. The van der Waals surface area contributed by atoms with Gasteiger partial charge in [-0.2, -0.15) is 5.10 Å². The van der Waals surface area contributed by atoms with Gasteiger partial charge in [0.05, 0.1) is 0 Å². The topological polar surface area (TPSA) is 41.4 Å². The van der Waals surface area contributed by atoms with Crippen molar-refractivity contribution in [3.63, 3.8) is 0 Å². The summed E-state index contributed by atoms with van der Waals surface area (Å²) < 4.78 is 15.7. The van der Waals surface area contributed by atoms with Crippen molar-refractivity contribution in [2.75, 3.05) is 20.1 Å². The van der Waals surface area contributed by atoms with Crippen LogP contribution in [0.2, 0.25) is 0 Å². The smallest absolute Gasteiger partial charge is 0.274 e. The van der Waals surface area contributed by atoms with Crippen molar-refractivity contribution < 1.29 is 9.18 Å². The molecular weight excluding hydrogens is 403 g/mol. The number of rotatable bonds is 7. The van der Waals surface area contributed by atoms with E-state index in [1.807, 2.05) is 49.3 Å². The Bertz CT molecular complexity index is 1030. The minimum Gasteiger partial charge on any atom is -0.337 e. The highest BCUT2D eigenvalue weighted by Crippen LogP contribution is 2.28. The zero-order valence-electron chi connectivity index (χ0n) is 18.8. The Labute approximate surface area is 189 Å². The summed E-state index contributed by atoms with van der Waals surface area (Å²) in [5.41, 5.74) is 2.45. The van der Waals surface area contributed by atoms with Gasteiger partial charge in [-0.1, -0.05) is 48.5 Å². The van der Waals surface area contributed by atoms with Crippen LogP contribution < -0.4 is 0 Å². The predicted octanol–water partition coefficient (Wildman–Crippen LogP) is 4.15. The molecule has 1 saturated heterocycles. The van der Waals surface area contributed by atoms with Crippen LogP contribution in [-0.4, -0.2) is 51.7 Å². The molecule has 0 N–H and O–H groups in total. The minimum atomic E-state index is -0.141. The van der Waals surface area contributed by atoms with E-state index in [2.05, 4.69) is 22.1 Å². The Morgan fingerprint density at radius 1 is 1.09 bits per heavy atom. The van der Waals surface area contributed by atoms with E-state index in [0.29, 0.717) is 18.2 Å². The van der Waals surface area contributed by atoms with Gasteiger partial charge in [-0.25, -0.2) is 4.39 Å². The van der Waals surface area contributed by atoms with Crippen LogP contribution in [0.5, 0.6) is 0 Å². The summed E-state index contributed by atoms with van der Waals surface area (Å²) in [4.78, 5) is 17.4. The molecule has 168 valence electrons. The first kappa shape index (κ1) is 22.2. The van der Waals surface area contributed by atoms with Crippen molar-refractivity contribution >= 4 is 5.91 Å². The SMILES string of the molecule is CN(C(=O)c1ccn(C)n1)[C@@H](Cc1ccccc1)C1CCN(Cc2ccccc2F)CC1. The van der Waals surface area contributed by atoms with Crippen LogP contribution in [0.25, 0.3) is 0 Å². The number of likely N-dealkylation sites (N-methyl/N-ethyl adjacent to an activating group) is 1. The van der Waals surface area contributed by atoms with Crippen molar-refractivity contribution in [1.82, 2.24) is 19.6 Å². The molecule has 0 bridgehead atoms. The lowest BCUT2D eigenvalue weighted by Crippen LogP contribution is -2.47. The highest BCUT2D eigenvalue weighted by molar-refractivity contribution is 5.92. The number of aromatic nitrogens is 2. The summed E-state index contributed by atoms with van der Waals surface area (Å²) in [7, 11) is 3.72. The summed E-state index contributed by atoms with van der Waals surface area (Å²) in [5, 5.41) is 4.32. The highest BCUT2D eigenvalue weighted by atomic mass is 19.1. The average Bonchev–Trinajstić information content (AvgIpc) is 3.25. The maximum Gasteiger partial charge on any atom is 0.274 e. The summed E-state index contributed by atoms with van der Waals surface area (Å²) in [5.74, 6) is 0.197. The molecule has 0 saturated carbocycles. The Balaban J connectivity index is 1.46. The molecule has 1 atom stereocenters. The van der Waals surface area contributed by atoms with Gasteiger partial charge in [-0.05, 0) is 56.0 Å². The molecule has 2 aromatic carbocycles. The standard InChI is InChI=1S/C26H31FN4O/c1-29-15-14-24(28-29)26(32)30(2)25(18-20-8-4-3-5-9-20)21-12-16-31(17-13-21)19-22-10-6-7-11-23(22)27/h3-11,14-15,21,25H,12-13,16-19H2,1-2H3/t25-/m0/s1. The minimum absolute atomic E-state index is 0.0414. The number of benzene rings is 2. The third-order valence-electron chi connectivity index (χ3n) is 6.57. The van der Waals surface area contributed by atoms with E-state index in [9.17, 15) is 9.18 Å². The Morgan fingerprint density at radius 3 is 2.44 bits per heavy atom. The molecule has 4 rings (SSSR count). The number of likely N-dealkylation sites (tertiary alicyclic amines) is 1.